The molecule has 72 valence electrons. The Balaban J connectivity index is 2.39. The highest BCUT2D eigenvalue weighted by atomic mass is 16.6. The second-order valence-corrected chi connectivity index (χ2v) is 4.46. The summed E-state index contributed by atoms with van der Waals surface area (Å²) in [7, 11) is 6.51. The molecular weight excluding hydrogens is 154 g/mol. The normalized spacial score (nSPS) is 32.0. The van der Waals surface area contributed by atoms with Gasteiger partial charge >= 0.3 is 0 Å². The fourth-order valence-electron chi connectivity index (χ4n) is 1.42. The largest absolute Gasteiger partial charge is 0.373 e. The minimum Gasteiger partial charge on any atom is -0.373 e. The third kappa shape index (κ3) is 3.09. The van der Waals surface area contributed by atoms with Crippen LogP contribution in [-0.4, -0.2) is 57.6 Å². The topological polar surface area (TPSA) is 18.5 Å². The number of rotatable bonds is 2. The van der Waals surface area contributed by atoms with Crippen LogP contribution in [0, 0.1) is 0 Å². The molecule has 3 nitrogen and oxygen atoms in total. The number of hydrogen-bond donors (Lipinski definition) is 0. The van der Waals surface area contributed by atoms with Crippen LogP contribution in [0.15, 0.2) is 0 Å². The Labute approximate surface area is 74.8 Å². The van der Waals surface area contributed by atoms with Gasteiger partial charge in [0.25, 0.3) is 0 Å². The standard InChI is InChI=1S/C9H20NO2/c1-8-9(7-10(2,3)4)12-6-5-11-8/h8-9H,5-7H2,1-4H3/q+1/t8-,9+/m0/s1. The molecule has 12 heavy (non-hydrogen) atoms. The van der Waals surface area contributed by atoms with Gasteiger partial charge in [-0.05, 0) is 6.92 Å². The first-order chi connectivity index (χ1) is 5.49. The number of nitrogens with zero attached hydrogens (tertiary/aromatic N) is 1. The van der Waals surface area contributed by atoms with Crippen LogP contribution in [0.2, 0.25) is 0 Å². The average Bonchev–Trinajstić information content (AvgIpc) is 1.91. The molecule has 2 atom stereocenters. The highest BCUT2D eigenvalue weighted by Gasteiger charge is 2.27. The van der Waals surface area contributed by atoms with Gasteiger partial charge in [-0.15, -0.1) is 0 Å². The van der Waals surface area contributed by atoms with Gasteiger partial charge in [-0.3, -0.25) is 0 Å². The lowest BCUT2D eigenvalue weighted by atomic mass is 10.2. The summed E-state index contributed by atoms with van der Waals surface area (Å²) in [5, 5.41) is 0. The summed E-state index contributed by atoms with van der Waals surface area (Å²) < 4.78 is 12.1. The van der Waals surface area contributed by atoms with Crippen molar-refractivity contribution in [3.8, 4) is 0 Å². The maximum Gasteiger partial charge on any atom is 0.132 e. The predicted molar refractivity (Wildman–Crippen MR) is 48.1 cm³/mol. The first-order valence-electron chi connectivity index (χ1n) is 4.53. The zero-order chi connectivity index (χ0) is 9.19. The van der Waals surface area contributed by atoms with Crippen LogP contribution in [0.1, 0.15) is 6.92 Å². The van der Waals surface area contributed by atoms with E-state index in [9.17, 15) is 0 Å². The first-order valence-corrected chi connectivity index (χ1v) is 4.53. The maximum atomic E-state index is 5.63. The highest BCUT2D eigenvalue weighted by Crippen LogP contribution is 2.11. The van der Waals surface area contributed by atoms with Crippen molar-refractivity contribution in [2.75, 3.05) is 40.9 Å². The Morgan fingerprint density at radius 1 is 1.17 bits per heavy atom. The Kier molecular flexibility index (Phi) is 3.09. The van der Waals surface area contributed by atoms with Crippen LogP contribution in [0.4, 0.5) is 0 Å². The van der Waals surface area contributed by atoms with Gasteiger partial charge in [0.05, 0.1) is 40.5 Å². The van der Waals surface area contributed by atoms with Crippen molar-refractivity contribution in [1.29, 1.82) is 0 Å². The number of hydrogen-bond acceptors (Lipinski definition) is 2. The summed E-state index contributed by atoms with van der Waals surface area (Å²) in [6, 6.07) is 0. The molecule has 0 aromatic heterocycles. The lowest BCUT2D eigenvalue weighted by molar-refractivity contribution is -0.874. The van der Waals surface area contributed by atoms with E-state index in [1.807, 2.05) is 0 Å². The first kappa shape index (κ1) is 9.96. The summed E-state index contributed by atoms with van der Waals surface area (Å²) in [5.41, 5.74) is 0. The smallest absolute Gasteiger partial charge is 0.132 e. The van der Waals surface area contributed by atoms with Crippen LogP contribution in [0.3, 0.4) is 0 Å². The minimum absolute atomic E-state index is 0.246. The van der Waals surface area contributed by atoms with Crippen molar-refractivity contribution in [2.45, 2.75) is 19.1 Å². The van der Waals surface area contributed by atoms with Gasteiger partial charge in [0.15, 0.2) is 0 Å². The summed E-state index contributed by atoms with van der Waals surface area (Å²) in [4.78, 5) is 0. The van der Waals surface area contributed by atoms with Gasteiger partial charge in [-0.25, -0.2) is 0 Å². The molecule has 1 rings (SSSR count). The molecule has 0 aromatic carbocycles. The fraction of sp³-hybridized carbons (Fsp3) is 1.00. The van der Waals surface area contributed by atoms with Crippen molar-refractivity contribution in [3.05, 3.63) is 0 Å². The molecule has 1 aliphatic rings. The van der Waals surface area contributed by atoms with Gasteiger partial charge < -0.3 is 14.0 Å². The molecule has 0 aliphatic carbocycles. The Hall–Kier alpha value is -0.120. The quantitative estimate of drug-likeness (QED) is 0.567. The summed E-state index contributed by atoms with van der Waals surface area (Å²) >= 11 is 0. The Morgan fingerprint density at radius 2 is 1.75 bits per heavy atom. The molecule has 1 aliphatic heterocycles. The number of ether oxygens (including phenoxy) is 2. The number of quaternary nitrogens is 1. The molecule has 0 bridgehead atoms. The Morgan fingerprint density at radius 3 is 2.25 bits per heavy atom. The van der Waals surface area contributed by atoms with E-state index < -0.39 is 0 Å². The maximum absolute atomic E-state index is 5.63. The molecule has 3 heteroatoms. The highest BCUT2D eigenvalue weighted by molar-refractivity contribution is 4.68. The predicted octanol–water partition coefficient (Wildman–Crippen LogP) is 0.496. The van der Waals surface area contributed by atoms with Gasteiger partial charge in [-0.2, -0.15) is 0 Å². The molecule has 0 unspecified atom stereocenters. The van der Waals surface area contributed by atoms with Gasteiger partial charge in [0.1, 0.15) is 12.6 Å². The van der Waals surface area contributed by atoms with E-state index >= 15 is 0 Å². The van der Waals surface area contributed by atoms with Crippen LogP contribution in [-0.2, 0) is 9.47 Å². The monoisotopic (exact) mass is 174 g/mol. The van der Waals surface area contributed by atoms with Gasteiger partial charge in [-0.1, -0.05) is 0 Å². The van der Waals surface area contributed by atoms with E-state index in [1.165, 1.54) is 0 Å². The summed E-state index contributed by atoms with van der Waals surface area (Å²) in [5.74, 6) is 0. The molecule has 0 saturated carbocycles. The molecule has 0 N–H and O–H groups in total. The second kappa shape index (κ2) is 3.73. The zero-order valence-corrected chi connectivity index (χ0v) is 8.54. The van der Waals surface area contributed by atoms with Gasteiger partial charge in [0, 0.05) is 0 Å². The number of likely N-dealkylation sites (N-methyl/N-ethyl adjacent to an activating group) is 1. The lowest BCUT2D eigenvalue weighted by Gasteiger charge is -2.34. The Bertz CT molecular complexity index is 142. The van der Waals surface area contributed by atoms with Crippen LogP contribution >= 0.6 is 0 Å². The van der Waals surface area contributed by atoms with Crippen molar-refractivity contribution >= 4 is 0 Å². The molecule has 0 spiro atoms. The lowest BCUT2D eigenvalue weighted by Crippen LogP contribution is -2.49. The third-order valence-electron chi connectivity index (χ3n) is 2.05. The zero-order valence-electron chi connectivity index (χ0n) is 8.54. The summed E-state index contributed by atoms with van der Waals surface area (Å²) in [6.45, 7) is 4.59. The molecule has 0 amide bonds. The summed E-state index contributed by atoms with van der Waals surface area (Å²) in [6.07, 6.45) is 0.509. The second-order valence-electron chi connectivity index (χ2n) is 4.46. The van der Waals surface area contributed by atoms with Crippen molar-refractivity contribution in [3.63, 3.8) is 0 Å². The van der Waals surface area contributed by atoms with Crippen molar-refractivity contribution in [1.82, 2.24) is 0 Å². The van der Waals surface area contributed by atoms with Crippen LogP contribution in [0.5, 0.6) is 0 Å². The van der Waals surface area contributed by atoms with Gasteiger partial charge in [0.2, 0.25) is 0 Å². The third-order valence-corrected chi connectivity index (χ3v) is 2.05. The molecule has 1 fully saturated rings. The SMILES string of the molecule is C[C@@H]1OCCO[C@@H]1C[N+](C)(C)C. The molecule has 1 saturated heterocycles. The van der Waals surface area contributed by atoms with E-state index in [2.05, 4.69) is 28.1 Å². The molecule has 0 radical (unpaired) electrons. The molecule has 0 aromatic rings. The van der Waals surface area contributed by atoms with E-state index in [1.54, 1.807) is 0 Å². The van der Waals surface area contributed by atoms with E-state index in [0.717, 1.165) is 24.2 Å². The van der Waals surface area contributed by atoms with Crippen molar-refractivity contribution in [2.24, 2.45) is 0 Å². The fourth-order valence-corrected chi connectivity index (χ4v) is 1.42. The van der Waals surface area contributed by atoms with E-state index in [0.29, 0.717) is 0 Å². The molecule has 1 heterocycles. The minimum atomic E-state index is 0.246. The van der Waals surface area contributed by atoms with E-state index in [-0.39, 0.29) is 12.2 Å². The van der Waals surface area contributed by atoms with Crippen LogP contribution < -0.4 is 0 Å². The molecular formula is C9H20NO2+. The van der Waals surface area contributed by atoms with E-state index in [4.69, 9.17) is 9.47 Å². The average molecular weight is 174 g/mol. The van der Waals surface area contributed by atoms with Crippen molar-refractivity contribution < 1.29 is 14.0 Å². The van der Waals surface area contributed by atoms with Crippen LogP contribution in [0.25, 0.3) is 0 Å².